The Kier molecular flexibility index (Phi) is 4.52. The van der Waals surface area contributed by atoms with Crippen LogP contribution in [0.2, 0.25) is 0 Å². The molecule has 0 bridgehead atoms. The lowest BCUT2D eigenvalue weighted by Crippen LogP contribution is -2.42. The number of fused-ring (bicyclic) bond motifs is 3. The summed E-state index contributed by atoms with van der Waals surface area (Å²) in [7, 11) is 0. The number of para-hydroxylation sites is 1. The van der Waals surface area contributed by atoms with Gasteiger partial charge < -0.3 is 19.3 Å². The van der Waals surface area contributed by atoms with E-state index in [9.17, 15) is 14.7 Å². The van der Waals surface area contributed by atoms with Crippen molar-refractivity contribution in [2.75, 3.05) is 26.3 Å². The second-order valence-corrected chi connectivity index (χ2v) is 7.58. The SMILES string of the molecule is Cc1cccc(=O)n1CCC(=O)N1CC2c3ccccc3OCC2(CO)C1. The average molecular weight is 368 g/mol. The van der Waals surface area contributed by atoms with Crippen LogP contribution in [0.1, 0.15) is 23.6 Å². The van der Waals surface area contributed by atoms with Crippen molar-refractivity contribution in [1.29, 1.82) is 0 Å². The number of amides is 1. The summed E-state index contributed by atoms with van der Waals surface area (Å²) in [6.45, 7) is 3.67. The van der Waals surface area contributed by atoms with Crippen LogP contribution in [0, 0.1) is 12.3 Å². The Hall–Kier alpha value is -2.60. The first kappa shape index (κ1) is 17.8. The Morgan fingerprint density at radius 1 is 1.26 bits per heavy atom. The highest BCUT2D eigenvalue weighted by Gasteiger charge is 2.51. The Morgan fingerprint density at radius 3 is 2.85 bits per heavy atom. The zero-order valence-corrected chi connectivity index (χ0v) is 15.4. The number of aliphatic hydroxyl groups is 1. The molecule has 2 aromatic rings. The van der Waals surface area contributed by atoms with Gasteiger partial charge in [0.15, 0.2) is 0 Å². The van der Waals surface area contributed by atoms with Crippen molar-refractivity contribution in [2.24, 2.45) is 5.41 Å². The van der Waals surface area contributed by atoms with Crippen molar-refractivity contribution in [2.45, 2.75) is 25.8 Å². The molecule has 0 radical (unpaired) electrons. The fourth-order valence-electron chi connectivity index (χ4n) is 4.34. The summed E-state index contributed by atoms with van der Waals surface area (Å²) in [6, 6.07) is 13.0. The molecule has 1 fully saturated rings. The maximum absolute atomic E-state index is 12.8. The molecule has 2 aliphatic rings. The maximum Gasteiger partial charge on any atom is 0.250 e. The van der Waals surface area contributed by atoms with Gasteiger partial charge >= 0.3 is 0 Å². The number of pyridine rings is 1. The van der Waals surface area contributed by atoms with E-state index in [1.165, 1.54) is 6.07 Å². The lowest BCUT2D eigenvalue weighted by atomic mass is 9.74. The molecule has 1 aromatic heterocycles. The maximum atomic E-state index is 12.8. The number of aromatic nitrogens is 1. The number of hydrogen-bond acceptors (Lipinski definition) is 4. The number of carbonyl (C=O) groups excluding carboxylic acids is 1. The van der Waals surface area contributed by atoms with Crippen LogP contribution in [-0.4, -0.2) is 46.8 Å². The summed E-state index contributed by atoms with van der Waals surface area (Å²) in [5.74, 6) is 0.912. The number of benzene rings is 1. The molecule has 0 saturated carbocycles. The van der Waals surface area contributed by atoms with E-state index in [1.807, 2.05) is 42.2 Å². The minimum absolute atomic E-state index is 0.00450. The summed E-state index contributed by atoms with van der Waals surface area (Å²) >= 11 is 0. The Balaban J connectivity index is 1.51. The highest BCUT2D eigenvalue weighted by Crippen LogP contribution is 2.49. The molecule has 1 amide bonds. The molecule has 2 unspecified atom stereocenters. The van der Waals surface area contributed by atoms with Crippen LogP contribution in [0.3, 0.4) is 0 Å². The number of likely N-dealkylation sites (tertiary alicyclic amines) is 1. The van der Waals surface area contributed by atoms with Gasteiger partial charge in [-0.1, -0.05) is 24.3 Å². The van der Waals surface area contributed by atoms with Crippen LogP contribution >= 0.6 is 0 Å². The quantitative estimate of drug-likeness (QED) is 0.889. The number of aryl methyl sites for hydroxylation is 1. The molecular weight excluding hydrogens is 344 g/mol. The molecule has 142 valence electrons. The van der Waals surface area contributed by atoms with Gasteiger partial charge in [0, 0.05) is 43.7 Å². The predicted molar refractivity (Wildman–Crippen MR) is 101 cm³/mol. The third-order valence-corrected chi connectivity index (χ3v) is 5.94. The van der Waals surface area contributed by atoms with Crippen LogP contribution in [0.25, 0.3) is 0 Å². The standard InChI is InChI=1S/C21H24N2O4/c1-15-5-4-8-20(26)23(15)10-9-19(25)22-11-17-16-6-2-3-7-18(16)27-14-21(17,12-22)13-24/h2-8,17,24H,9-14H2,1H3. The topological polar surface area (TPSA) is 71.8 Å². The fraction of sp³-hybridized carbons (Fsp3) is 0.429. The van der Waals surface area contributed by atoms with Gasteiger partial charge in [-0.05, 0) is 24.6 Å². The summed E-state index contributed by atoms with van der Waals surface area (Å²) in [6.07, 6.45) is 0.265. The molecule has 4 rings (SSSR count). The number of nitrogens with zero attached hydrogens (tertiary/aromatic N) is 2. The predicted octanol–water partition coefficient (Wildman–Crippen LogP) is 1.54. The molecule has 1 aromatic carbocycles. The van der Waals surface area contributed by atoms with E-state index in [0.29, 0.717) is 26.2 Å². The monoisotopic (exact) mass is 368 g/mol. The number of rotatable bonds is 4. The van der Waals surface area contributed by atoms with Crippen molar-refractivity contribution in [1.82, 2.24) is 9.47 Å². The minimum Gasteiger partial charge on any atom is -0.493 e. The van der Waals surface area contributed by atoms with Crippen molar-refractivity contribution in [3.8, 4) is 5.75 Å². The van der Waals surface area contributed by atoms with Gasteiger partial charge in [-0.3, -0.25) is 9.59 Å². The molecule has 1 N–H and O–H groups in total. The first-order chi connectivity index (χ1) is 13.0. The largest absolute Gasteiger partial charge is 0.493 e. The highest BCUT2D eigenvalue weighted by molar-refractivity contribution is 5.77. The lowest BCUT2D eigenvalue weighted by Gasteiger charge is -2.37. The molecular formula is C21H24N2O4. The average Bonchev–Trinajstić information content (AvgIpc) is 3.08. The summed E-state index contributed by atoms with van der Waals surface area (Å²) in [4.78, 5) is 26.7. The van der Waals surface area contributed by atoms with Crippen LogP contribution in [0.15, 0.2) is 47.3 Å². The third-order valence-electron chi connectivity index (χ3n) is 5.94. The first-order valence-electron chi connectivity index (χ1n) is 9.31. The molecule has 0 aliphatic carbocycles. The second kappa shape index (κ2) is 6.85. The van der Waals surface area contributed by atoms with Crippen molar-refractivity contribution < 1.29 is 14.6 Å². The Morgan fingerprint density at radius 2 is 2.07 bits per heavy atom. The van der Waals surface area contributed by atoms with Gasteiger partial charge in [0.05, 0.1) is 18.6 Å². The highest BCUT2D eigenvalue weighted by atomic mass is 16.5. The van der Waals surface area contributed by atoms with Gasteiger partial charge in [0.25, 0.3) is 5.56 Å². The molecule has 27 heavy (non-hydrogen) atoms. The third kappa shape index (κ3) is 3.04. The molecule has 0 spiro atoms. The number of ether oxygens (including phenoxy) is 1. The zero-order valence-electron chi connectivity index (χ0n) is 15.4. The van der Waals surface area contributed by atoms with E-state index in [1.54, 1.807) is 10.6 Å². The molecule has 1 saturated heterocycles. The van der Waals surface area contributed by atoms with E-state index in [4.69, 9.17) is 4.74 Å². The smallest absolute Gasteiger partial charge is 0.250 e. The summed E-state index contributed by atoms with van der Waals surface area (Å²) < 4.78 is 7.50. The van der Waals surface area contributed by atoms with E-state index in [-0.39, 0.29) is 30.4 Å². The van der Waals surface area contributed by atoms with Gasteiger partial charge in [-0.2, -0.15) is 0 Å². The van der Waals surface area contributed by atoms with E-state index in [2.05, 4.69) is 0 Å². The molecule has 3 heterocycles. The van der Waals surface area contributed by atoms with Crippen LogP contribution in [0.4, 0.5) is 0 Å². The van der Waals surface area contributed by atoms with Crippen molar-refractivity contribution in [3.63, 3.8) is 0 Å². The van der Waals surface area contributed by atoms with Gasteiger partial charge in [-0.15, -0.1) is 0 Å². The summed E-state index contributed by atoms with van der Waals surface area (Å²) in [5, 5.41) is 10.1. The number of hydrogen-bond donors (Lipinski definition) is 1. The van der Waals surface area contributed by atoms with Crippen LogP contribution in [0.5, 0.6) is 5.75 Å². The Bertz CT molecular complexity index is 922. The van der Waals surface area contributed by atoms with Crippen molar-refractivity contribution in [3.05, 3.63) is 64.1 Å². The van der Waals surface area contributed by atoms with Crippen LogP contribution in [-0.2, 0) is 11.3 Å². The van der Waals surface area contributed by atoms with E-state index >= 15 is 0 Å². The molecule has 2 atom stereocenters. The zero-order chi connectivity index (χ0) is 19.0. The van der Waals surface area contributed by atoms with Gasteiger partial charge in [0.1, 0.15) is 5.75 Å². The fourth-order valence-corrected chi connectivity index (χ4v) is 4.34. The molecule has 2 aliphatic heterocycles. The van der Waals surface area contributed by atoms with Crippen molar-refractivity contribution >= 4 is 5.91 Å². The van der Waals surface area contributed by atoms with Crippen LogP contribution < -0.4 is 10.3 Å². The second-order valence-electron chi connectivity index (χ2n) is 7.58. The summed E-state index contributed by atoms with van der Waals surface area (Å²) in [5.41, 5.74) is 1.36. The lowest BCUT2D eigenvalue weighted by molar-refractivity contribution is -0.131. The molecule has 6 nitrogen and oxygen atoms in total. The van der Waals surface area contributed by atoms with Gasteiger partial charge in [0.2, 0.25) is 5.91 Å². The number of aliphatic hydroxyl groups excluding tert-OH is 1. The van der Waals surface area contributed by atoms with E-state index < -0.39 is 5.41 Å². The normalized spacial score (nSPS) is 23.5. The number of carbonyl (C=O) groups is 1. The Labute approximate surface area is 158 Å². The molecule has 6 heteroatoms. The van der Waals surface area contributed by atoms with E-state index in [0.717, 1.165) is 17.0 Å². The van der Waals surface area contributed by atoms with Gasteiger partial charge in [-0.25, -0.2) is 0 Å². The minimum atomic E-state index is -0.455. The first-order valence-corrected chi connectivity index (χ1v) is 9.31.